The van der Waals surface area contributed by atoms with Crippen LogP contribution in [0.5, 0.6) is 0 Å². The quantitative estimate of drug-likeness (QED) is 0.821. The van der Waals surface area contributed by atoms with Crippen molar-refractivity contribution in [3.05, 3.63) is 51.2 Å². The summed E-state index contributed by atoms with van der Waals surface area (Å²) >= 11 is 7.42. The number of halogens is 1. The summed E-state index contributed by atoms with van der Waals surface area (Å²) in [5, 5.41) is 2.92. The second-order valence-electron chi connectivity index (χ2n) is 5.77. The number of anilines is 1. The molecule has 3 amide bonds. The molecule has 1 aromatic heterocycles. The molecule has 0 saturated heterocycles. The zero-order valence-electron chi connectivity index (χ0n) is 14.6. The molecule has 0 unspecified atom stereocenters. The van der Waals surface area contributed by atoms with Gasteiger partial charge in [0.15, 0.2) is 0 Å². The van der Waals surface area contributed by atoms with Gasteiger partial charge in [-0.1, -0.05) is 29.8 Å². The maximum atomic E-state index is 12.6. The number of nitrogens with one attached hydrogen (secondary N) is 1. The standard InChI is InChI=1S/C18H22ClN3O2S/c1-4-22(12-14-9-10-16(19)25-14)18(24)20-15-8-6-5-7-13(15)11-17(23)21(2)3/h5-10H,4,11-12H2,1-3H3,(H,20,24). The van der Waals surface area contributed by atoms with Crippen LogP contribution in [0.15, 0.2) is 36.4 Å². The minimum Gasteiger partial charge on any atom is -0.349 e. The van der Waals surface area contributed by atoms with Gasteiger partial charge in [0.2, 0.25) is 5.91 Å². The van der Waals surface area contributed by atoms with Gasteiger partial charge in [-0.2, -0.15) is 0 Å². The molecule has 0 bridgehead atoms. The van der Waals surface area contributed by atoms with Gasteiger partial charge >= 0.3 is 6.03 Å². The highest BCUT2D eigenvalue weighted by Crippen LogP contribution is 2.23. The lowest BCUT2D eigenvalue weighted by Crippen LogP contribution is -2.34. The largest absolute Gasteiger partial charge is 0.349 e. The van der Waals surface area contributed by atoms with E-state index in [1.54, 1.807) is 19.0 Å². The number of amides is 3. The molecule has 25 heavy (non-hydrogen) atoms. The summed E-state index contributed by atoms with van der Waals surface area (Å²) in [4.78, 5) is 28.9. The van der Waals surface area contributed by atoms with Crippen LogP contribution in [0.4, 0.5) is 10.5 Å². The fraction of sp³-hybridized carbons (Fsp3) is 0.333. The van der Waals surface area contributed by atoms with Gasteiger partial charge in [0.05, 0.1) is 17.3 Å². The zero-order chi connectivity index (χ0) is 18.4. The van der Waals surface area contributed by atoms with Crippen LogP contribution in [-0.4, -0.2) is 42.4 Å². The number of carbonyl (C=O) groups is 2. The Morgan fingerprint density at radius 3 is 2.48 bits per heavy atom. The average Bonchev–Trinajstić information content (AvgIpc) is 2.99. The van der Waals surface area contributed by atoms with Crippen LogP contribution in [0.25, 0.3) is 0 Å². The average molecular weight is 380 g/mol. The van der Waals surface area contributed by atoms with E-state index in [0.717, 1.165) is 10.4 Å². The summed E-state index contributed by atoms with van der Waals surface area (Å²) in [5.74, 6) is -0.0118. The van der Waals surface area contributed by atoms with Crippen LogP contribution in [0.1, 0.15) is 17.4 Å². The lowest BCUT2D eigenvalue weighted by Gasteiger charge is -2.22. The monoisotopic (exact) mass is 379 g/mol. The first-order valence-electron chi connectivity index (χ1n) is 7.99. The third kappa shape index (κ3) is 5.47. The molecule has 0 aliphatic rings. The van der Waals surface area contributed by atoms with Crippen molar-refractivity contribution < 1.29 is 9.59 Å². The minimum absolute atomic E-state index is 0.0118. The smallest absolute Gasteiger partial charge is 0.322 e. The summed E-state index contributed by atoms with van der Waals surface area (Å²) in [7, 11) is 3.43. The van der Waals surface area contributed by atoms with Gasteiger partial charge in [-0.25, -0.2) is 4.79 Å². The molecule has 0 aliphatic carbocycles. The van der Waals surface area contributed by atoms with Crippen LogP contribution in [-0.2, 0) is 17.8 Å². The third-order valence-corrected chi connectivity index (χ3v) is 4.96. The Morgan fingerprint density at radius 1 is 1.16 bits per heavy atom. The van der Waals surface area contributed by atoms with E-state index in [2.05, 4.69) is 5.32 Å². The third-order valence-electron chi connectivity index (χ3n) is 3.74. The van der Waals surface area contributed by atoms with Crippen molar-refractivity contribution in [1.82, 2.24) is 9.80 Å². The van der Waals surface area contributed by atoms with Crippen molar-refractivity contribution in [3.8, 4) is 0 Å². The molecular weight excluding hydrogens is 358 g/mol. The van der Waals surface area contributed by atoms with Gasteiger partial charge in [-0.05, 0) is 30.7 Å². The highest BCUT2D eigenvalue weighted by Gasteiger charge is 2.16. The molecule has 0 saturated carbocycles. The first kappa shape index (κ1) is 19.3. The number of benzene rings is 1. The van der Waals surface area contributed by atoms with Gasteiger partial charge < -0.3 is 15.1 Å². The van der Waals surface area contributed by atoms with Gasteiger partial charge in [-0.3, -0.25) is 4.79 Å². The molecule has 2 rings (SSSR count). The highest BCUT2D eigenvalue weighted by molar-refractivity contribution is 7.16. The number of para-hydroxylation sites is 1. The summed E-state index contributed by atoms with van der Waals surface area (Å²) in [6.45, 7) is 2.99. The second-order valence-corrected chi connectivity index (χ2v) is 7.57. The Morgan fingerprint density at radius 2 is 1.88 bits per heavy atom. The van der Waals surface area contributed by atoms with Gasteiger partial charge in [0.25, 0.3) is 0 Å². The molecule has 0 fully saturated rings. The number of urea groups is 1. The predicted molar refractivity (Wildman–Crippen MR) is 103 cm³/mol. The van der Waals surface area contributed by atoms with Crippen LogP contribution in [0.3, 0.4) is 0 Å². The summed E-state index contributed by atoms with van der Waals surface area (Å²) in [6.07, 6.45) is 0.246. The zero-order valence-corrected chi connectivity index (χ0v) is 16.2. The number of thiophene rings is 1. The fourth-order valence-corrected chi connectivity index (χ4v) is 3.37. The molecule has 1 aromatic carbocycles. The van der Waals surface area contributed by atoms with Crippen molar-refractivity contribution in [3.63, 3.8) is 0 Å². The number of likely N-dealkylation sites (N-methyl/N-ethyl adjacent to an activating group) is 1. The molecule has 0 spiro atoms. The molecule has 0 radical (unpaired) electrons. The van der Waals surface area contributed by atoms with Gasteiger partial charge in [0.1, 0.15) is 0 Å². The Balaban J connectivity index is 2.09. The summed E-state index contributed by atoms with van der Waals surface area (Å²) in [5.41, 5.74) is 1.45. The van der Waals surface area contributed by atoms with E-state index < -0.39 is 0 Å². The Bertz CT molecular complexity index is 745. The van der Waals surface area contributed by atoms with Crippen molar-refractivity contribution in [2.45, 2.75) is 19.9 Å². The number of rotatable bonds is 6. The van der Waals surface area contributed by atoms with Gasteiger partial charge in [-0.15, -0.1) is 11.3 Å². The van der Waals surface area contributed by atoms with Crippen LogP contribution in [0.2, 0.25) is 4.34 Å². The number of hydrogen-bond acceptors (Lipinski definition) is 3. The molecule has 1 heterocycles. The Kier molecular flexibility index (Phi) is 6.84. The molecule has 2 aromatic rings. The summed E-state index contributed by atoms with van der Waals surface area (Å²) < 4.78 is 0.707. The molecular formula is C18H22ClN3O2S. The Hall–Kier alpha value is -2.05. The van der Waals surface area contributed by atoms with Crippen molar-refractivity contribution in [2.75, 3.05) is 26.0 Å². The number of hydrogen-bond donors (Lipinski definition) is 1. The first-order chi connectivity index (χ1) is 11.9. The maximum Gasteiger partial charge on any atom is 0.322 e. The minimum atomic E-state index is -0.197. The van der Waals surface area contributed by atoms with Crippen molar-refractivity contribution >= 4 is 40.6 Å². The molecule has 0 aliphatic heterocycles. The number of nitrogens with zero attached hydrogens (tertiary/aromatic N) is 2. The van der Waals surface area contributed by atoms with E-state index in [-0.39, 0.29) is 18.4 Å². The second kappa shape index (κ2) is 8.87. The van der Waals surface area contributed by atoms with E-state index in [1.807, 2.05) is 43.3 Å². The van der Waals surface area contributed by atoms with E-state index in [1.165, 1.54) is 16.2 Å². The normalized spacial score (nSPS) is 10.4. The van der Waals surface area contributed by atoms with E-state index in [9.17, 15) is 9.59 Å². The topological polar surface area (TPSA) is 52.7 Å². The fourth-order valence-electron chi connectivity index (χ4n) is 2.26. The highest BCUT2D eigenvalue weighted by atomic mass is 35.5. The van der Waals surface area contributed by atoms with E-state index >= 15 is 0 Å². The van der Waals surface area contributed by atoms with Crippen molar-refractivity contribution in [2.24, 2.45) is 0 Å². The SMILES string of the molecule is CCN(Cc1ccc(Cl)s1)C(=O)Nc1ccccc1CC(=O)N(C)C. The molecule has 0 atom stereocenters. The molecule has 134 valence electrons. The number of carbonyl (C=O) groups excluding carboxylic acids is 2. The van der Waals surface area contributed by atoms with E-state index in [0.29, 0.717) is 23.1 Å². The van der Waals surface area contributed by atoms with Crippen molar-refractivity contribution in [1.29, 1.82) is 0 Å². The maximum absolute atomic E-state index is 12.6. The van der Waals surface area contributed by atoms with E-state index in [4.69, 9.17) is 11.6 Å². The lowest BCUT2D eigenvalue weighted by atomic mass is 10.1. The summed E-state index contributed by atoms with van der Waals surface area (Å²) in [6, 6.07) is 10.9. The van der Waals surface area contributed by atoms with Gasteiger partial charge in [0, 0.05) is 31.2 Å². The molecule has 7 heteroatoms. The van der Waals surface area contributed by atoms with Crippen LogP contribution < -0.4 is 5.32 Å². The molecule has 1 N–H and O–H groups in total. The van der Waals surface area contributed by atoms with Crippen LogP contribution >= 0.6 is 22.9 Å². The lowest BCUT2D eigenvalue weighted by molar-refractivity contribution is -0.127. The molecule has 5 nitrogen and oxygen atoms in total. The first-order valence-corrected chi connectivity index (χ1v) is 9.18. The predicted octanol–water partition coefficient (Wildman–Crippen LogP) is 4.09. The Labute approximate surface area is 157 Å². The van der Waals surface area contributed by atoms with Crippen LogP contribution in [0, 0.1) is 0 Å².